The molecule has 10 heteroatoms. The maximum atomic E-state index is 10.9. The maximum absolute atomic E-state index is 10.9. The van der Waals surface area contributed by atoms with E-state index in [2.05, 4.69) is 0 Å². The highest BCUT2D eigenvalue weighted by Crippen LogP contribution is 2.35. The zero-order chi connectivity index (χ0) is 14.3. The molecular formula is C8H12N2O6S2. The molecule has 0 saturated heterocycles. The Morgan fingerprint density at radius 2 is 1.67 bits per heavy atom. The second-order valence-electron chi connectivity index (χ2n) is 3.22. The Hall–Kier alpha value is -1.10. The van der Waals surface area contributed by atoms with Gasteiger partial charge in [-0.1, -0.05) is 21.6 Å². The molecule has 0 unspecified atom stereocenters. The molecule has 0 aliphatic heterocycles. The molecule has 0 rings (SSSR count). The van der Waals surface area contributed by atoms with Gasteiger partial charge < -0.3 is 31.3 Å². The number of aliphatic carboxylic acids is 2. The van der Waals surface area contributed by atoms with Crippen LogP contribution in [0.2, 0.25) is 0 Å². The minimum absolute atomic E-state index is 0.101. The van der Waals surface area contributed by atoms with Crippen molar-refractivity contribution in [2.45, 2.75) is 16.8 Å². The molecule has 0 aliphatic carbocycles. The minimum atomic E-state index is -1.96. The SMILES string of the molecule is N[C@H](C(=O)O)C(C=O)(C=O)SSC[C@H](N)C(=O)O. The van der Waals surface area contributed by atoms with Gasteiger partial charge in [-0.05, 0) is 0 Å². The normalized spacial score (nSPS) is 14.6. The van der Waals surface area contributed by atoms with Crippen LogP contribution in [0.1, 0.15) is 0 Å². The van der Waals surface area contributed by atoms with E-state index in [4.69, 9.17) is 21.7 Å². The summed E-state index contributed by atoms with van der Waals surface area (Å²) in [4.78, 5) is 42.8. The molecular weight excluding hydrogens is 284 g/mol. The van der Waals surface area contributed by atoms with E-state index in [1.165, 1.54) is 0 Å². The molecule has 0 bridgehead atoms. The standard InChI is InChI=1S/C8H12N2O6S2/c9-4(6(13)14)1-17-18-8(2-11,3-12)5(10)7(15)16/h2-5H,1,9-10H2,(H,13,14)(H,15,16)/t4-,5+/m0/s1. The van der Waals surface area contributed by atoms with Crippen LogP contribution in [0.3, 0.4) is 0 Å². The van der Waals surface area contributed by atoms with Crippen LogP contribution < -0.4 is 11.5 Å². The highest BCUT2D eigenvalue weighted by molar-refractivity contribution is 8.77. The first kappa shape index (κ1) is 16.9. The van der Waals surface area contributed by atoms with Gasteiger partial charge in [0.25, 0.3) is 0 Å². The van der Waals surface area contributed by atoms with Crippen molar-refractivity contribution in [2.75, 3.05) is 5.75 Å². The van der Waals surface area contributed by atoms with Gasteiger partial charge in [-0.2, -0.15) is 0 Å². The number of carboxylic acid groups (broad SMARTS) is 2. The van der Waals surface area contributed by atoms with E-state index in [0.29, 0.717) is 10.8 Å². The Balaban J connectivity index is 4.64. The van der Waals surface area contributed by atoms with E-state index in [9.17, 15) is 19.2 Å². The molecule has 0 saturated carbocycles. The monoisotopic (exact) mass is 296 g/mol. The van der Waals surface area contributed by atoms with Crippen LogP contribution in [0.15, 0.2) is 0 Å². The molecule has 0 heterocycles. The van der Waals surface area contributed by atoms with E-state index in [0.717, 1.165) is 10.8 Å². The Bertz CT molecular complexity index is 342. The lowest BCUT2D eigenvalue weighted by Gasteiger charge is -2.24. The maximum Gasteiger partial charge on any atom is 0.322 e. The zero-order valence-electron chi connectivity index (χ0n) is 9.02. The van der Waals surface area contributed by atoms with Crippen molar-refractivity contribution < 1.29 is 29.4 Å². The molecule has 0 fully saturated rings. The topological polar surface area (TPSA) is 161 Å². The van der Waals surface area contributed by atoms with Crippen molar-refractivity contribution >= 4 is 46.1 Å². The molecule has 0 spiro atoms. The van der Waals surface area contributed by atoms with Crippen molar-refractivity contribution in [1.82, 2.24) is 0 Å². The molecule has 0 aromatic heterocycles. The number of rotatable bonds is 9. The second-order valence-corrected chi connectivity index (χ2v) is 5.87. The first-order valence-electron chi connectivity index (χ1n) is 4.50. The van der Waals surface area contributed by atoms with Crippen molar-refractivity contribution in [3.8, 4) is 0 Å². The van der Waals surface area contributed by atoms with Gasteiger partial charge in [-0.3, -0.25) is 9.59 Å². The molecule has 18 heavy (non-hydrogen) atoms. The number of carbonyl (C=O) groups is 4. The summed E-state index contributed by atoms with van der Waals surface area (Å²) in [6.07, 6.45) is 0.255. The lowest BCUT2D eigenvalue weighted by molar-refractivity contribution is -0.141. The smallest absolute Gasteiger partial charge is 0.322 e. The molecule has 8 nitrogen and oxygen atoms in total. The summed E-state index contributed by atoms with van der Waals surface area (Å²) in [7, 11) is 1.38. The van der Waals surface area contributed by atoms with Crippen LogP contribution in [-0.2, 0) is 19.2 Å². The molecule has 0 radical (unpaired) electrons. The van der Waals surface area contributed by atoms with Crippen molar-refractivity contribution in [3.05, 3.63) is 0 Å². The van der Waals surface area contributed by atoms with Crippen molar-refractivity contribution in [2.24, 2.45) is 11.5 Å². The van der Waals surface area contributed by atoms with Gasteiger partial charge in [0.05, 0.1) is 0 Å². The number of hydrogen-bond donors (Lipinski definition) is 4. The minimum Gasteiger partial charge on any atom is -0.480 e. The molecule has 2 atom stereocenters. The van der Waals surface area contributed by atoms with Gasteiger partial charge >= 0.3 is 11.9 Å². The van der Waals surface area contributed by atoms with Crippen LogP contribution in [0.4, 0.5) is 0 Å². The van der Waals surface area contributed by atoms with Crippen LogP contribution in [0, 0.1) is 0 Å². The summed E-state index contributed by atoms with van der Waals surface area (Å²) in [6, 6.07) is -2.90. The van der Waals surface area contributed by atoms with E-state index in [1.54, 1.807) is 0 Å². The number of nitrogens with two attached hydrogens (primary N) is 2. The van der Waals surface area contributed by atoms with E-state index in [1.807, 2.05) is 0 Å². The summed E-state index contributed by atoms with van der Waals surface area (Å²) in [5.74, 6) is -2.85. The van der Waals surface area contributed by atoms with Gasteiger partial charge in [0.1, 0.15) is 24.7 Å². The molecule has 102 valence electrons. The third-order valence-electron chi connectivity index (χ3n) is 1.89. The van der Waals surface area contributed by atoms with Gasteiger partial charge in [0.2, 0.25) is 0 Å². The molecule has 6 N–H and O–H groups in total. The van der Waals surface area contributed by atoms with Crippen LogP contribution in [0.5, 0.6) is 0 Å². The predicted molar refractivity (Wildman–Crippen MR) is 66.1 cm³/mol. The Kier molecular flexibility index (Phi) is 6.91. The number of aldehydes is 2. The Morgan fingerprint density at radius 3 is 2.00 bits per heavy atom. The lowest BCUT2D eigenvalue weighted by Crippen LogP contribution is -2.52. The number of carboxylic acids is 2. The molecule has 0 aromatic rings. The summed E-state index contributed by atoms with van der Waals surface area (Å²) in [5, 5.41) is 17.2. The largest absolute Gasteiger partial charge is 0.480 e. The fourth-order valence-corrected chi connectivity index (χ4v) is 3.39. The average molecular weight is 296 g/mol. The molecule has 0 aromatic carbocycles. The summed E-state index contributed by atoms with van der Waals surface area (Å²) >= 11 is 0. The van der Waals surface area contributed by atoms with E-state index >= 15 is 0 Å². The molecule has 0 aliphatic rings. The van der Waals surface area contributed by atoms with Gasteiger partial charge in [0.15, 0.2) is 4.75 Å². The second kappa shape index (κ2) is 7.36. The predicted octanol–water partition coefficient (Wildman–Crippen LogP) is -1.67. The van der Waals surface area contributed by atoms with Crippen LogP contribution in [-0.4, -0.2) is 57.3 Å². The highest BCUT2D eigenvalue weighted by atomic mass is 33.1. The third-order valence-corrected chi connectivity index (χ3v) is 4.86. The van der Waals surface area contributed by atoms with E-state index < -0.39 is 28.8 Å². The first-order chi connectivity index (χ1) is 8.30. The van der Waals surface area contributed by atoms with E-state index in [-0.39, 0.29) is 18.3 Å². The van der Waals surface area contributed by atoms with Crippen molar-refractivity contribution in [1.29, 1.82) is 0 Å². The summed E-state index contributed by atoms with van der Waals surface area (Å²) in [5.41, 5.74) is 10.5. The summed E-state index contributed by atoms with van der Waals surface area (Å²) < 4.78 is -1.96. The van der Waals surface area contributed by atoms with Crippen LogP contribution in [0.25, 0.3) is 0 Å². The first-order valence-corrected chi connectivity index (χ1v) is 6.82. The fourth-order valence-electron chi connectivity index (χ4n) is 0.739. The van der Waals surface area contributed by atoms with Crippen molar-refractivity contribution in [3.63, 3.8) is 0 Å². The highest BCUT2D eigenvalue weighted by Gasteiger charge is 2.42. The Labute approximate surface area is 110 Å². The van der Waals surface area contributed by atoms with Gasteiger partial charge in [-0.25, -0.2) is 0 Å². The molecule has 0 amide bonds. The number of hydrogen-bond acceptors (Lipinski definition) is 8. The average Bonchev–Trinajstić information content (AvgIpc) is 2.33. The third kappa shape index (κ3) is 4.29. The van der Waals surface area contributed by atoms with Crippen LogP contribution >= 0.6 is 21.6 Å². The van der Waals surface area contributed by atoms with Gasteiger partial charge in [-0.15, -0.1) is 0 Å². The zero-order valence-corrected chi connectivity index (χ0v) is 10.6. The number of carbonyl (C=O) groups excluding carboxylic acids is 2. The lowest BCUT2D eigenvalue weighted by atomic mass is 10.0. The fraction of sp³-hybridized carbons (Fsp3) is 0.500. The quantitative estimate of drug-likeness (QED) is 0.220. The van der Waals surface area contributed by atoms with Gasteiger partial charge in [0, 0.05) is 5.75 Å². The summed E-state index contributed by atoms with van der Waals surface area (Å²) in [6.45, 7) is 0. The Morgan fingerprint density at radius 1 is 1.17 bits per heavy atom.